The number of ether oxygens (including phenoxy) is 1. The molecule has 0 fully saturated rings. The lowest BCUT2D eigenvalue weighted by atomic mass is 10.1. The third-order valence-corrected chi connectivity index (χ3v) is 3.46. The van der Waals surface area contributed by atoms with Crippen molar-refractivity contribution in [3.05, 3.63) is 35.4 Å². The van der Waals surface area contributed by atoms with Crippen LogP contribution in [0.15, 0.2) is 29.3 Å². The van der Waals surface area contributed by atoms with Crippen LogP contribution < -0.4 is 0 Å². The van der Waals surface area contributed by atoms with E-state index in [0.29, 0.717) is 12.4 Å². The largest absolute Gasteiger partial charge is 0.469 e. The van der Waals surface area contributed by atoms with Crippen LogP contribution in [0.25, 0.3) is 0 Å². The van der Waals surface area contributed by atoms with Crippen LogP contribution >= 0.6 is 23.2 Å². The van der Waals surface area contributed by atoms with Crippen molar-refractivity contribution in [3.63, 3.8) is 0 Å². The number of hydrogen-bond donors (Lipinski definition) is 1. The first-order chi connectivity index (χ1) is 8.56. The highest BCUT2D eigenvalue weighted by Crippen LogP contribution is 2.26. The third kappa shape index (κ3) is 3.45. The van der Waals surface area contributed by atoms with Crippen molar-refractivity contribution in [2.24, 2.45) is 4.99 Å². The summed E-state index contributed by atoms with van der Waals surface area (Å²) in [7, 11) is 0. The zero-order valence-electron chi connectivity index (χ0n) is 9.25. The molecule has 0 aliphatic carbocycles. The molecule has 1 aromatic carbocycles. The first kappa shape index (κ1) is 13.8. The van der Waals surface area contributed by atoms with E-state index in [1.807, 2.05) is 12.1 Å². The normalized spacial score (nSPS) is 20.7. The van der Waals surface area contributed by atoms with Crippen molar-refractivity contribution in [2.75, 3.05) is 6.54 Å². The number of halogens is 2. The number of benzene rings is 1. The monoisotopic (exact) mass is 307 g/mol. The Bertz CT molecular complexity index is 476. The van der Waals surface area contributed by atoms with E-state index in [0.717, 1.165) is 11.1 Å². The van der Waals surface area contributed by atoms with Gasteiger partial charge in [-0.3, -0.25) is 0 Å². The fraction of sp³-hybridized carbons (Fsp3) is 0.364. The molecule has 0 spiro atoms. The molecular weight excluding hydrogens is 297 g/mol. The lowest BCUT2D eigenvalue weighted by Crippen LogP contribution is -2.10. The highest BCUT2D eigenvalue weighted by Gasteiger charge is 2.25. The zero-order valence-corrected chi connectivity index (χ0v) is 11.6. The summed E-state index contributed by atoms with van der Waals surface area (Å²) in [4.78, 5) is 3.36. The van der Waals surface area contributed by atoms with Gasteiger partial charge < -0.3 is 9.29 Å². The molecule has 1 unspecified atom stereocenters. The van der Waals surface area contributed by atoms with Crippen molar-refractivity contribution in [1.29, 1.82) is 0 Å². The summed E-state index contributed by atoms with van der Waals surface area (Å²) in [5.41, 5.74) is 1.74. The maximum atomic E-state index is 10.7. The van der Waals surface area contributed by atoms with Gasteiger partial charge in [-0.2, -0.15) is 0 Å². The molecule has 2 atom stereocenters. The van der Waals surface area contributed by atoms with Crippen molar-refractivity contribution < 1.29 is 13.5 Å². The van der Waals surface area contributed by atoms with Crippen LogP contribution in [-0.4, -0.2) is 26.0 Å². The summed E-state index contributed by atoms with van der Waals surface area (Å²) in [6.45, 7) is 0.483. The first-order valence-electron chi connectivity index (χ1n) is 5.21. The molecule has 0 aromatic heterocycles. The van der Waals surface area contributed by atoms with Gasteiger partial charge in [-0.05, 0) is 11.1 Å². The Morgan fingerprint density at radius 3 is 2.61 bits per heavy atom. The van der Waals surface area contributed by atoms with Crippen molar-refractivity contribution in [2.45, 2.75) is 16.7 Å². The van der Waals surface area contributed by atoms with Gasteiger partial charge in [0.15, 0.2) is 15.9 Å². The minimum absolute atomic E-state index is 0.124. The number of rotatable bonds is 4. The van der Waals surface area contributed by atoms with E-state index >= 15 is 0 Å². The Balaban J connectivity index is 2.01. The van der Waals surface area contributed by atoms with Gasteiger partial charge in [0.2, 0.25) is 5.90 Å². The van der Waals surface area contributed by atoms with Gasteiger partial charge in [0.1, 0.15) is 6.10 Å². The number of alkyl halides is 2. The SMILES string of the molecule is O=S(O)Cc1ccc([C@@H]2CN=C(C(Cl)Cl)O2)cc1. The predicted molar refractivity (Wildman–Crippen MR) is 72.5 cm³/mol. The van der Waals surface area contributed by atoms with E-state index in [1.54, 1.807) is 12.1 Å². The van der Waals surface area contributed by atoms with E-state index in [2.05, 4.69) is 4.99 Å². The van der Waals surface area contributed by atoms with Crippen LogP contribution in [0.3, 0.4) is 0 Å². The second kappa shape index (κ2) is 6.02. The Morgan fingerprint density at radius 2 is 2.11 bits per heavy atom. The van der Waals surface area contributed by atoms with Crippen LogP contribution in [0.5, 0.6) is 0 Å². The van der Waals surface area contributed by atoms with Crippen LogP contribution in [-0.2, 0) is 21.6 Å². The maximum Gasteiger partial charge on any atom is 0.218 e. The van der Waals surface area contributed by atoms with E-state index in [4.69, 9.17) is 32.5 Å². The van der Waals surface area contributed by atoms with Gasteiger partial charge in [0.05, 0.1) is 12.3 Å². The third-order valence-electron chi connectivity index (χ3n) is 2.50. The number of aliphatic imine (C=N–C) groups is 1. The van der Waals surface area contributed by atoms with Crippen LogP contribution in [0.1, 0.15) is 17.2 Å². The minimum Gasteiger partial charge on any atom is -0.469 e. The van der Waals surface area contributed by atoms with Crippen molar-refractivity contribution in [1.82, 2.24) is 0 Å². The van der Waals surface area contributed by atoms with E-state index in [9.17, 15) is 4.21 Å². The molecule has 4 nitrogen and oxygen atoms in total. The summed E-state index contributed by atoms with van der Waals surface area (Å²) in [6, 6.07) is 7.29. The first-order valence-corrected chi connectivity index (χ1v) is 7.36. The zero-order chi connectivity index (χ0) is 13.1. The average molecular weight is 308 g/mol. The van der Waals surface area contributed by atoms with Gasteiger partial charge >= 0.3 is 0 Å². The predicted octanol–water partition coefficient (Wildman–Crippen LogP) is 2.68. The molecular formula is C11H11Cl2NO3S. The smallest absolute Gasteiger partial charge is 0.218 e. The summed E-state index contributed by atoms with van der Waals surface area (Å²) in [6.07, 6.45) is -0.186. The fourth-order valence-electron chi connectivity index (χ4n) is 1.66. The summed E-state index contributed by atoms with van der Waals surface area (Å²) in [5.74, 6) is 0.461. The molecule has 1 aliphatic rings. The van der Waals surface area contributed by atoms with Crippen LogP contribution in [0.2, 0.25) is 0 Å². The van der Waals surface area contributed by atoms with E-state index in [1.165, 1.54) is 0 Å². The van der Waals surface area contributed by atoms with Crippen LogP contribution in [0, 0.1) is 0 Å². The van der Waals surface area contributed by atoms with Gasteiger partial charge in [0, 0.05) is 0 Å². The molecule has 0 amide bonds. The molecule has 0 saturated carbocycles. The molecule has 18 heavy (non-hydrogen) atoms. The molecule has 1 aromatic rings. The van der Waals surface area contributed by atoms with Crippen LogP contribution in [0.4, 0.5) is 0 Å². The summed E-state index contributed by atoms with van der Waals surface area (Å²) < 4.78 is 25.0. The standard InChI is InChI=1S/C11H11Cl2NO3S/c12-10(13)11-14-5-9(17-11)8-3-1-7(2-4-8)6-18(15)16/h1-4,9-10H,5-6H2,(H,15,16)/t9-/m0/s1. The van der Waals surface area contributed by atoms with Gasteiger partial charge in [-0.25, -0.2) is 9.20 Å². The lowest BCUT2D eigenvalue weighted by molar-refractivity contribution is 0.227. The molecule has 2 rings (SSSR count). The second-order valence-corrected chi connectivity index (χ2v) is 5.82. The lowest BCUT2D eigenvalue weighted by Gasteiger charge is -2.12. The van der Waals surface area contributed by atoms with E-state index < -0.39 is 15.9 Å². The molecule has 1 N–H and O–H groups in total. The number of nitrogens with zero attached hydrogens (tertiary/aromatic N) is 1. The summed E-state index contributed by atoms with van der Waals surface area (Å²) >= 11 is 9.51. The van der Waals surface area contributed by atoms with Gasteiger partial charge in [-0.1, -0.05) is 47.5 Å². The average Bonchev–Trinajstić information content (AvgIpc) is 2.78. The van der Waals surface area contributed by atoms with E-state index in [-0.39, 0.29) is 11.9 Å². The highest BCUT2D eigenvalue weighted by molar-refractivity contribution is 7.78. The fourth-order valence-corrected chi connectivity index (χ4v) is 2.38. The Kier molecular flexibility index (Phi) is 4.61. The molecule has 7 heteroatoms. The maximum absolute atomic E-state index is 10.7. The van der Waals surface area contributed by atoms with Gasteiger partial charge in [-0.15, -0.1) is 0 Å². The molecule has 0 bridgehead atoms. The molecule has 0 saturated heterocycles. The Labute approximate surface area is 117 Å². The molecule has 1 aliphatic heterocycles. The minimum atomic E-state index is -1.83. The quantitative estimate of drug-likeness (QED) is 0.687. The topological polar surface area (TPSA) is 58.9 Å². The molecule has 0 radical (unpaired) electrons. The number of hydrogen-bond acceptors (Lipinski definition) is 3. The van der Waals surface area contributed by atoms with Crippen molar-refractivity contribution in [3.8, 4) is 0 Å². The second-order valence-electron chi connectivity index (χ2n) is 3.79. The van der Waals surface area contributed by atoms with Gasteiger partial charge in [0.25, 0.3) is 0 Å². The highest BCUT2D eigenvalue weighted by atomic mass is 35.5. The Hall–Kier alpha value is -0.620. The van der Waals surface area contributed by atoms with Crippen molar-refractivity contribution >= 4 is 40.2 Å². The molecule has 98 valence electrons. The summed E-state index contributed by atoms with van der Waals surface area (Å²) in [5, 5.41) is 0. The molecule has 1 heterocycles. The Morgan fingerprint density at radius 1 is 1.44 bits per heavy atom.